The number of ketones is 1. The lowest BCUT2D eigenvalue weighted by Crippen LogP contribution is -2.41. The van der Waals surface area contributed by atoms with Crippen LogP contribution in [0.5, 0.6) is 0 Å². The van der Waals surface area contributed by atoms with Gasteiger partial charge >= 0.3 is 0 Å². The number of amides is 1. The Morgan fingerprint density at radius 3 is 2.44 bits per heavy atom. The molecule has 0 saturated carbocycles. The molecule has 0 spiro atoms. The van der Waals surface area contributed by atoms with E-state index in [9.17, 15) is 9.59 Å². The Hall–Kier alpha value is -2.71. The second-order valence-corrected chi connectivity index (χ2v) is 7.94. The van der Waals surface area contributed by atoms with E-state index in [1.165, 1.54) is 42.0 Å². The summed E-state index contributed by atoms with van der Waals surface area (Å²) in [5.74, 6) is 0.344. The molecule has 0 atom stereocenters. The summed E-state index contributed by atoms with van der Waals surface area (Å²) >= 11 is 2.74. The zero-order valence-corrected chi connectivity index (χ0v) is 16.4. The molecular formula is C19H16N4O2S2. The molecule has 1 amide bonds. The van der Waals surface area contributed by atoms with Crippen molar-refractivity contribution in [1.29, 1.82) is 0 Å². The Morgan fingerprint density at radius 2 is 1.81 bits per heavy atom. The summed E-state index contributed by atoms with van der Waals surface area (Å²) in [5.41, 5.74) is 1.66. The lowest BCUT2D eigenvalue weighted by molar-refractivity contribution is -0.117. The molecule has 27 heavy (non-hydrogen) atoms. The van der Waals surface area contributed by atoms with E-state index in [1.54, 1.807) is 4.68 Å². The number of benzene rings is 1. The number of carbonyl (C=O) groups is 2. The molecule has 1 aliphatic heterocycles. The number of allylic oxidation sites excluding steroid dienone is 1. The number of aromatic nitrogens is 3. The summed E-state index contributed by atoms with van der Waals surface area (Å²) < 4.78 is 1.72. The summed E-state index contributed by atoms with van der Waals surface area (Å²) in [6, 6.07) is 13.7. The predicted octanol–water partition coefficient (Wildman–Crippen LogP) is 3.48. The van der Waals surface area contributed by atoms with Crippen molar-refractivity contribution in [3.05, 3.63) is 69.0 Å². The average Bonchev–Trinajstić information content (AvgIpc) is 3.31. The Labute approximate surface area is 164 Å². The van der Waals surface area contributed by atoms with E-state index in [0.717, 1.165) is 10.4 Å². The third-order valence-corrected chi connectivity index (χ3v) is 6.07. The molecule has 0 radical (unpaired) electrons. The van der Waals surface area contributed by atoms with Gasteiger partial charge < -0.3 is 0 Å². The number of nitrogens with zero attached hydrogens (tertiary/aromatic N) is 4. The standard InChI is InChI=1S/C19H16N4O2S2/c1-12(24)18-17(15-9-6-10-26-15)22(13(2)25)23-16(20-21-19(23)27-18)11-14-7-4-3-5-8-14/h3-10H,11H2,1-2H3. The minimum Gasteiger partial charge on any atom is -0.294 e. The van der Waals surface area contributed by atoms with Crippen LogP contribution in [-0.2, 0) is 16.0 Å². The maximum atomic E-state index is 12.6. The smallest absolute Gasteiger partial charge is 0.243 e. The normalized spacial score (nSPS) is 13.6. The second-order valence-electron chi connectivity index (χ2n) is 6.02. The maximum Gasteiger partial charge on any atom is 0.243 e. The largest absolute Gasteiger partial charge is 0.294 e. The van der Waals surface area contributed by atoms with Gasteiger partial charge in [-0.2, -0.15) is 0 Å². The van der Waals surface area contributed by atoms with Gasteiger partial charge in [0.25, 0.3) is 0 Å². The number of hydrogen-bond donors (Lipinski definition) is 0. The highest BCUT2D eigenvalue weighted by atomic mass is 32.2. The minimum absolute atomic E-state index is 0.103. The van der Waals surface area contributed by atoms with Crippen LogP contribution in [0.3, 0.4) is 0 Å². The molecule has 0 saturated heterocycles. The number of hydrogen-bond acceptors (Lipinski definition) is 6. The van der Waals surface area contributed by atoms with Crippen molar-refractivity contribution in [2.45, 2.75) is 25.4 Å². The van der Waals surface area contributed by atoms with E-state index in [4.69, 9.17) is 0 Å². The third kappa shape index (κ3) is 3.22. The third-order valence-electron chi connectivity index (χ3n) is 4.07. The van der Waals surface area contributed by atoms with Gasteiger partial charge in [-0.25, -0.2) is 9.69 Å². The highest BCUT2D eigenvalue weighted by molar-refractivity contribution is 8.04. The first kappa shape index (κ1) is 17.7. The number of rotatable bonds is 4. The molecule has 0 bridgehead atoms. The van der Waals surface area contributed by atoms with Gasteiger partial charge in [0.05, 0.1) is 9.78 Å². The lowest BCUT2D eigenvalue weighted by Gasteiger charge is -2.31. The SMILES string of the molecule is CC(=O)C1=C(c2cccs2)N(C(C)=O)n2c(Cc3ccccc3)nnc2S1. The first-order valence-electron chi connectivity index (χ1n) is 8.32. The highest BCUT2D eigenvalue weighted by Crippen LogP contribution is 2.41. The van der Waals surface area contributed by atoms with E-state index < -0.39 is 0 Å². The van der Waals surface area contributed by atoms with Gasteiger partial charge in [0.15, 0.2) is 11.6 Å². The van der Waals surface area contributed by atoms with Gasteiger partial charge in [0, 0.05) is 13.3 Å². The van der Waals surface area contributed by atoms with Crippen molar-refractivity contribution in [1.82, 2.24) is 14.9 Å². The Balaban J connectivity index is 1.87. The van der Waals surface area contributed by atoms with Crippen LogP contribution in [0.25, 0.3) is 5.70 Å². The molecule has 8 heteroatoms. The molecule has 136 valence electrons. The molecule has 0 N–H and O–H groups in total. The number of Topliss-reactive ketones (excluding diaryl/α,β-unsaturated/α-hetero) is 1. The lowest BCUT2D eigenvalue weighted by atomic mass is 10.1. The van der Waals surface area contributed by atoms with E-state index in [-0.39, 0.29) is 11.7 Å². The van der Waals surface area contributed by atoms with Crippen LogP contribution in [0.2, 0.25) is 0 Å². The fourth-order valence-electron chi connectivity index (χ4n) is 2.95. The van der Waals surface area contributed by atoms with Crippen LogP contribution in [0.15, 0.2) is 57.9 Å². The molecule has 3 heterocycles. The molecule has 0 aliphatic carbocycles. The Bertz CT molecular complexity index is 1040. The van der Waals surface area contributed by atoms with Gasteiger partial charge in [-0.15, -0.1) is 21.5 Å². The molecular weight excluding hydrogens is 380 g/mol. The van der Waals surface area contributed by atoms with Crippen LogP contribution in [0, 0.1) is 0 Å². The van der Waals surface area contributed by atoms with Crippen LogP contribution < -0.4 is 5.01 Å². The molecule has 0 unspecified atom stereocenters. The fraction of sp³-hybridized carbons (Fsp3) is 0.158. The van der Waals surface area contributed by atoms with Crippen molar-refractivity contribution in [2.24, 2.45) is 0 Å². The van der Waals surface area contributed by atoms with Crippen LogP contribution in [0.4, 0.5) is 0 Å². The average molecular weight is 396 g/mol. The minimum atomic E-state index is -0.201. The summed E-state index contributed by atoms with van der Waals surface area (Å²) in [6.45, 7) is 2.99. The van der Waals surface area contributed by atoms with Crippen molar-refractivity contribution >= 4 is 40.5 Å². The van der Waals surface area contributed by atoms with Gasteiger partial charge in [0.1, 0.15) is 5.70 Å². The zero-order valence-electron chi connectivity index (χ0n) is 14.7. The summed E-state index contributed by atoms with van der Waals surface area (Å²) in [4.78, 5) is 26.3. The first-order chi connectivity index (χ1) is 13.1. The zero-order chi connectivity index (χ0) is 19.0. The number of fused-ring (bicyclic) bond motifs is 1. The molecule has 6 nitrogen and oxygen atoms in total. The molecule has 2 aromatic heterocycles. The van der Waals surface area contributed by atoms with Gasteiger partial charge in [0.2, 0.25) is 11.1 Å². The van der Waals surface area contributed by atoms with Crippen LogP contribution in [0.1, 0.15) is 30.1 Å². The van der Waals surface area contributed by atoms with Gasteiger partial charge in [-0.3, -0.25) is 9.59 Å². The topological polar surface area (TPSA) is 68.1 Å². The molecule has 1 aliphatic rings. The number of carbonyl (C=O) groups excluding carboxylic acids is 2. The molecule has 4 rings (SSSR count). The van der Waals surface area contributed by atoms with Crippen LogP contribution in [-0.4, -0.2) is 26.6 Å². The summed E-state index contributed by atoms with van der Waals surface area (Å²) in [7, 11) is 0. The predicted molar refractivity (Wildman–Crippen MR) is 106 cm³/mol. The first-order valence-corrected chi connectivity index (χ1v) is 10.0. The highest BCUT2D eigenvalue weighted by Gasteiger charge is 2.35. The Morgan fingerprint density at radius 1 is 1.04 bits per heavy atom. The van der Waals surface area contributed by atoms with Gasteiger partial charge in [-0.05, 0) is 35.7 Å². The molecule has 1 aromatic carbocycles. The maximum absolute atomic E-state index is 12.6. The quantitative estimate of drug-likeness (QED) is 0.675. The van der Waals surface area contributed by atoms with Crippen molar-refractivity contribution in [3.63, 3.8) is 0 Å². The van der Waals surface area contributed by atoms with Crippen LogP contribution >= 0.6 is 23.1 Å². The summed E-state index contributed by atoms with van der Waals surface area (Å²) in [5, 5.41) is 12.5. The number of thiophene rings is 1. The Kier molecular flexibility index (Phi) is 4.67. The van der Waals surface area contributed by atoms with Crippen molar-refractivity contribution in [3.8, 4) is 0 Å². The van der Waals surface area contributed by atoms with Gasteiger partial charge in [-0.1, -0.05) is 36.4 Å². The van der Waals surface area contributed by atoms with E-state index in [1.807, 2.05) is 47.8 Å². The molecule has 0 fully saturated rings. The second kappa shape index (κ2) is 7.13. The summed E-state index contributed by atoms with van der Waals surface area (Å²) in [6.07, 6.45) is 0.533. The monoisotopic (exact) mass is 396 g/mol. The van der Waals surface area contributed by atoms with Crippen molar-refractivity contribution < 1.29 is 9.59 Å². The van der Waals surface area contributed by atoms with E-state index >= 15 is 0 Å². The van der Waals surface area contributed by atoms with E-state index in [0.29, 0.717) is 28.0 Å². The van der Waals surface area contributed by atoms with Crippen molar-refractivity contribution in [2.75, 3.05) is 5.01 Å². The molecule has 3 aromatic rings. The fourth-order valence-corrected chi connectivity index (χ4v) is 4.75. The van der Waals surface area contributed by atoms with E-state index in [2.05, 4.69) is 10.2 Å². The number of thioether (sulfide) groups is 1.